The molecule has 0 saturated carbocycles. The summed E-state index contributed by atoms with van der Waals surface area (Å²) in [5.74, 6) is 0.0978. The van der Waals surface area contributed by atoms with Gasteiger partial charge >= 0.3 is 0 Å². The molecular weight excluding hydrogens is 280 g/mol. The number of benzene rings is 1. The molecule has 0 aliphatic heterocycles. The van der Waals surface area contributed by atoms with Crippen molar-refractivity contribution in [3.63, 3.8) is 0 Å². The minimum atomic E-state index is -0.703. The van der Waals surface area contributed by atoms with E-state index in [1.807, 2.05) is 0 Å². The van der Waals surface area contributed by atoms with Gasteiger partial charge in [-0.25, -0.2) is 0 Å². The van der Waals surface area contributed by atoms with Crippen molar-refractivity contribution in [1.82, 2.24) is 5.32 Å². The number of hydrogen-bond acceptors (Lipinski definition) is 4. The first kappa shape index (κ1) is 16.8. The zero-order chi connectivity index (χ0) is 15.2. The number of aliphatic hydroxyl groups is 1. The molecule has 6 heteroatoms. The third kappa shape index (κ3) is 5.00. The van der Waals surface area contributed by atoms with Crippen LogP contribution in [0, 0.1) is 0 Å². The predicted molar refractivity (Wildman–Crippen MR) is 79.2 cm³/mol. The molecule has 1 rings (SSSR count). The summed E-state index contributed by atoms with van der Waals surface area (Å²) in [7, 11) is 0. The van der Waals surface area contributed by atoms with Gasteiger partial charge in [0, 0.05) is 5.02 Å². The van der Waals surface area contributed by atoms with Gasteiger partial charge < -0.3 is 20.9 Å². The first-order chi connectivity index (χ1) is 9.39. The Kier molecular flexibility index (Phi) is 6.26. The van der Waals surface area contributed by atoms with Crippen molar-refractivity contribution >= 4 is 17.5 Å². The van der Waals surface area contributed by atoms with Crippen LogP contribution in [0.1, 0.15) is 30.6 Å². The fourth-order valence-corrected chi connectivity index (χ4v) is 1.64. The first-order valence-electron chi connectivity index (χ1n) is 6.45. The molecule has 0 heterocycles. The first-order valence-corrected chi connectivity index (χ1v) is 6.83. The van der Waals surface area contributed by atoms with Crippen LogP contribution in [0.25, 0.3) is 0 Å². The van der Waals surface area contributed by atoms with Gasteiger partial charge in [-0.1, -0.05) is 11.6 Å². The summed E-state index contributed by atoms with van der Waals surface area (Å²) < 4.78 is 5.54. The lowest BCUT2D eigenvalue weighted by molar-refractivity contribution is 0.0865. The highest BCUT2D eigenvalue weighted by Crippen LogP contribution is 2.24. The third-order valence-corrected chi connectivity index (χ3v) is 2.88. The summed E-state index contributed by atoms with van der Waals surface area (Å²) in [6.45, 7) is 4.24. The highest BCUT2D eigenvalue weighted by Gasteiger charge is 2.22. The van der Waals surface area contributed by atoms with Gasteiger partial charge in [-0.05, 0) is 45.0 Å². The molecule has 4 N–H and O–H groups in total. The maximum Gasteiger partial charge on any atom is 0.255 e. The van der Waals surface area contributed by atoms with Crippen LogP contribution < -0.4 is 15.8 Å². The summed E-state index contributed by atoms with van der Waals surface area (Å²) in [5, 5.41) is 12.4. The highest BCUT2D eigenvalue weighted by atomic mass is 35.5. The second-order valence-corrected chi connectivity index (χ2v) is 5.56. The molecule has 0 radical (unpaired) electrons. The second-order valence-electron chi connectivity index (χ2n) is 5.13. The van der Waals surface area contributed by atoms with E-state index in [2.05, 4.69) is 5.32 Å². The summed E-state index contributed by atoms with van der Waals surface area (Å²) in [5.41, 5.74) is 5.09. The molecule has 20 heavy (non-hydrogen) atoms. The molecule has 0 saturated heterocycles. The molecule has 1 aromatic rings. The molecule has 0 atom stereocenters. The number of carbonyl (C=O) groups excluding carboxylic acids is 1. The number of amides is 1. The van der Waals surface area contributed by atoms with E-state index >= 15 is 0 Å². The van der Waals surface area contributed by atoms with E-state index in [4.69, 9.17) is 22.1 Å². The number of ether oxygens (including phenoxy) is 1. The Morgan fingerprint density at radius 2 is 2.20 bits per heavy atom. The normalized spacial score (nSPS) is 11.2. The predicted octanol–water partition coefficient (Wildman–Crippen LogP) is 1.57. The number of nitrogens with one attached hydrogen (secondary N) is 1. The molecule has 0 fully saturated rings. The van der Waals surface area contributed by atoms with Crippen molar-refractivity contribution in [2.75, 3.05) is 19.8 Å². The van der Waals surface area contributed by atoms with Crippen molar-refractivity contribution in [2.24, 2.45) is 5.73 Å². The largest absolute Gasteiger partial charge is 0.493 e. The van der Waals surface area contributed by atoms with Gasteiger partial charge in [-0.3, -0.25) is 4.79 Å². The Labute approximate surface area is 124 Å². The van der Waals surface area contributed by atoms with Gasteiger partial charge in [0.05, 0.1) is 24.3 Å². The average Bonchev–Trinajstić information content (AvgIpc) is 2.38. The molecule has 0 spiro atoms. The number of aliphatic hydroxyl groups excluding tert-OH is 1. The quantitative estimate of drug-likeness (QED) is 0.667. The Morgan fingerprint density at radius 3 is 2.80 bits per heavy atom. The van der Waals surface area contributed by atoms with Crippen molar-refractivity contribution in [3.8, 4) is 5.75 Å². The van der Waals surface area contributed by atoms with Gasteiger partial charge in [-0.2, -0.15) is 0 Å². The molecule has 0 aliphatic rings. The fraction of sp³-hybridized carbons (Fsp3) is 0.500. The summed E-state index contributed by atoms with van der Waals surface area (Å²) in [6.07, 6.45) is 0.690. The summed E-state index contributed by atoms with van der Waals surface area (Å²) in [6, 6.07) is 4.82. The molecule has 0 aromatic heterocycles. The monoisotopic (exact) mass is 300 g/mol. The molecule has 0 aliphatic carbocycles. The highest BCUT2D eigenvalue weighted by molar-refractivity contribution is 6.30. The summed E-state index contributed by atoms with van der Waals surface area (Å²) >= 11 is 5.92. The number of nitrogens with two attached hydrogens (primary N) is 1. The SMILES string of the molecule is CC(C)(CO)NC(=O)c1ccc(Cl)cc1OCCCN. The molecule has 1 amide bonds. The van der Waals surface area contributed by atoms with E-state index in [-0.39, 0.29) is 12.5 Å². The standard InChI is InChI=1S/C14H21ClN2O3/c1-14(2,9-18)17-13(19)11-5-4-10(15)8-12(11)20-7-3-6-16/h4-5,8,18H,3,6-7,9,16H2,1-2H3,(H,17,19). The molecule has 5 nitrogen and oxygen atoms in total. The number of halogens is 1. The smallest absolute Gasteiger partial charge is 0.255 e. The van der Waals surface area contributed by atoms with E-state index in [0.29, 0.717) is 35.9 Å². The van der Waals surface area contributed by atoms with Crippen LogP contribution in [0.3, 0.4) is 0 Å². The van der Waals surface area contributed by atoms with Crippen LogP contribution in [0.2, 0.25) is 5.02 Å². The van der Waals surface area contributed by atoms with Gasteiger partial charge in [-0.15, -0.1) is 0 Å². The maximum absolute atomic E-state index is 12.2. The Balaban J connectivity index is 2.89. The van der Waals surface area contributed by atoms with Gasteiger partial charge in [0.15, 0.2) is 0 Å². The molecule has 1 aromatic carbocycles. The van der Waals surface area contributed by atoms with Crippen LogP contribution in [-0.4, -0.2) is 36.3 Å². The van der Waals surface area contributed by atoms with Crippen molar-refractivity contribution in [3.05, 3.63) is 28.8 Å². The van der Waals surface area contributed by atoms with E-state index in [9.17, 15) is 9.90 Å². The van der Waals surface area contributed by atoms with Crippen LogP contribution in [0.15, 0.2) is 18.2 Å². The number of carbonyl (C=O) groups is 1. The van der Waals surface area contributed by atoms with Crippen LogP contribution in [-0.2, 0) is 0 Å². The van der Waals surface area contributed by atoms with Crippen LogP contribution in [0.4, 0.5) is 0 Å². The maximum atomic E-state index is 12.2. The minimum Gasteiger partial charge on any atom is -0.493 e. The lowest BCUT2D eigenvalue weighted by Gasteiger charge is -2.24. The fourth-order valence-electron chi connectivity index (χ4n) is 1.48. The van der Waals surface area contributed by atoms with E-state index in [0.717, 1.165) is 0 Å². The topological polar surface area (TPSA) is 84.6 Å². The van der Waals surface area contributed by atoms with Crippen molar-refractivity contribution < 1.29 is 14.6 Å². The van der Waals surface area contributed by atoms with E-state index in [1.165, 1.54) is 0 Å². The molecule has 0 unspecified atom stereocenters. The molecule has 0 bridgehead atoms. The number of rotatable bonds is 7. The zero-order valence-electron chi connectivity index (χ0n) is 11.8. The second kappa shape index (κ2) is 7.47. The van der Waals surface area contributed by atoms with Crippen LogP contribution >= 0.6 is 11.6 Å². The Bertz CT molecular complexity index is 464. The van der Waals surface area contributed by atoms with E-state index < -0.39 is 5.54 Å². The average molecular weight is 301 g/mol. The van der Waals surface area contributed by atoms with Gasteiger partial charge in [0.2, 0.25) is 0 Å². The van der Waals surface area contributed by atoms with Gasteiger partial charge in [0.1, 0.15) is 5.75 Å². The third-order valence-electron chi connectivity index (χ3n) is 2.64. The summed E-state index contributed by atoms with van der Waals surface area (Å²) in [4.78, 5) is 12.2. The number of hydrogen-bond donors (Lipinski definition) is 3. The molecule has 112 valence electrons. The Morgan fingerprint density at radius 1 is 1.50 bits per heavy atom. The zero-order valence-corrected chi connectivity index (χ0v) is 12.5. The van der Waals surface area contributed by atoms with Crippen molar-refractivity contribution in [1.29, 1.82) is 0 Å². The molecular formula is C14H21ClN2O3. The Hall–Kier alpha value is -1.30. The lowest BCUT2D eigenvalue weighted by Crippen LogP contribution is -2.46. The van der Waals surface area contributed by atoms with Gasteiger partial charge in [0.25, 0.3) is 5.91 Å². The minimum absolute atomic E-state index is 0.157. The van der Waals surface area contributed by atoms with E-state index in [1.54, 1.807) is 32.0 Å². The lowest BCUT2D eigenvalue weighted by atomic mass is 10.1. The van der Waals surface area contributed by atoms with Crippen LogP contribution in [0.5, 0.6) is 5.75 Å². The van der Waals surface area contributed by atoms with Crippen molar-refractivity contribution in [2.45, 2.75) is 25.8 Å².